The zero-order valence-corrected chi connectivity index (χ0v) is 18.1. The molecule has 1 aliphatic rings. The maximum Gasteiger partial charge on any atom is 0.280 e. The van der Waals surface area contributed by atoms with Crippen LogP contribution in [0.2, 0.25) is 0 Å². The van der Waals surface area contributed by atoms with E-state index in [4.69, 9.17) is 5.73 Å². The van der Waals surface area contributed by atoms with E-state index in [2.05, 4.69) is 20.6 Å². The van der Waals surface area contributed by atoms with Crippen molar-refractivity contribution in [1.82, 2.24) is 15.3 Å². The van der Waals surface area contributed by atoms with Gasteiger partial charge in [-0.25, -0.2) is 18.7 Å². The number of amides is 2. The van der Waals surface area contributed by atoms with Crippen LogP contribution in [0.3, 0.4) is 0 Å². The Bertz CT molecular complexity index is 968. The highest BCUT2D eigenvalue weighted by atomic mass is 32.1. The second kappa shape index (κ2) is 9.23. The van der Waals surface area contributed by atoms with Gasteiger partial charge in [0.15, 0.2) is 5.01 Å². The number of carbonyl (C=O) groups excluding carboxylic acids is 2. The number of pyridine rings is 1. The zero-order valence-electron chi connectivity index (χ0n) is 17.2. The Morgan fingerprint density at radius 3 is 2.61 bits per heavy atom. The standard InChI is InChI=1S/C20H25F2N5O3S/c1-20(2,30)9-25-18(29)19-27-14(17(23)28)15(31-19)12-8-24-13(7-11(12)16(21)22)26-10-5-3-4-6-10/h7-8,10,16,30H,3-6,9H2,1-2H3,(H2,23,28)(H,24,26)(H,25,29). The summed E-state index contributed by atoms with van der Waals surface area (Å²) in [5, 5.41) is 15.3. The van der Waals surface area contributed by atoms with Crippen LogP contribution in [0.5, 0.6) is 0 Å². The smallest absolute Gasteiger partial charge is 0.280 e. The molecule has 0 atom stereocenters. The Morgan fingerprint density at radius 2 is 2.03 bits per heavy atom. The molecular formula is C20H25F2N5O3S. The normalized spacial score (nSPS) is 14.8. The molecule has 31 heavy (non-hydrogen) atoms. The molecule has 5 N–H and O–H groups in total. The Balaban J connectivity index is 1.95. The first-order valence-corrected chi connectivity index (χ1v) is 10.7. The number of aliphatic hydroxyl groups is 1. The largest absolute Gasteiger partial charge is 0.389 e. The number of aromatic nitrogens is 2. The number of halogens is 2. The fraction of sp³-hybridized carbons (Fsp3) is 0.500. The van der Waals surface area contributed by atoms with Crippen LogP contribution in [-0.2, 0) is 0 Å². The van der Waals surface area contributed by atoms with Gasteiger partial charge in [-0.1, -0.05) is 12.8 Å². The molecule has 0 unspecified atom stereocenters. The molecule has 8 nitrogen and oxygen atoms in total. The van der Waals surface area contributed by atoms with Crippen LogP contribution >= 0.6 is 11.3 Å². The summed E-state index contributed by atoms with van der Waals surface area (Å²) in [7, 11) is 0. The molecule has 0 aromatic carbocycles. The molecule has 168 valence electrons. The van der Waals surface area contributed by atoms with Crippen LogP contribution in [0, 0.1) is 0 Å². The number of alkyl halides is 2. The minimum atomic E-state index is -2.84. The quantitative estimate of drug-likeness (QED) is 0.486. The number of thiazole rings is 1. The number of nitrogens with zero attached hydrogens (tertiary/aromatic N) is 2. The predicted octanol–water partition coefficient (Wildman–Crippen LogP) is 3.10. The molecule has 11 heteroatoms. The maximum absolute atomic E-state index is 13.9. The van der Waals surface area contributed by atoms with Gasteiger partial charge in [0.2, 0.25) is 0 Å². The first-order valence-electron chi connectivity index (χ1n) is 9.91. The van der Waals surface area contributed by atoms with E-state index in [-0.39, 0.29) is 39.3 Å². The second-order valence-electron chi connectivity index (χ2n) is 8.14. The van der Waals surface area contributed by atoms with E-state index >= 15 is 0 Å². The van der Waals surface area contributed by atoms with Crippen molar-refractivity contribution in [2.24, 2.45) is 5.73 Å². The maximum atomic E-state index is 13.9. The van der Waals surface area contributed by atoms with Gasteiger partial charge in [0.1, 0.15) is 11.5 Å². The van der Waals surface area contributed by atoms with Gasteiger partial charge in [0.05, 0.1) is 10.5 Å². The number of nitrogens with one attached hydrogen (secondary N) is 2. The van der Waals surface area contributed by atoms with E-state index in [1.54, 1.807) is 0 Å². The van der Waals surface area contributed by atoms with E-state index in [0.717, 1.165) is 37.0 Å². The lowest BCUT2D eigenvalue weighted by Gasteiger charge is -2.16. The highest BCUT2D eigenvalue weighted by Crippen LogP contribution is 2.38. The summed E-state index contributed by atoms with van der Waals surface area (Å²) >= 11 is 0.771. The van der Waals surface area contributed by atoms with E-state index in [1.165, 1.54) is 26.1 Å². The van der Waals surface area contributed by atoms with Crippen LogP contribution in [-0.4, -0.2) is 45.1 Å². The average molecular weight is 454 g/mol. The molecule has 2 aromatic rings. The molecule has 2 heterocycles. The monoisotopic (exact) mass is 453 g/mol. The van der Waals surface area contributed by atoms with Gasteiger partial charge >= 0.3 is 0 Å². The number of hydrogen-bond acceptors (Lipinski definition) is 7. The fourth-order valence-corrected chi connectivity index (χ4v) is 4.36. The molecule has 0 saturated heterocycles. The Hall–Kier alpha value is -2.66. The third-order valence-electron chi connectivity index (χ3n) is 4.86. The van der Waals surface area contributed by atoms with Gasteiger partial charge in [0.25, 0.3) is 18.2 Å². The first kappa shape index (κ1) is 23.0. The van der Waals surface area contributed by atoms with Crippen LogP contribution in [0.1, 0.15) is 71.8 Å². The molecule has 1 fully saturated rings. The Kier molecular flexibility index (Phi) is 6.85. The number of anilines is 1. The van der Waals surface area contributed by atoms with Crippen molar-refractivity contribution < 1.29 is 23.5 Å². The number of rotatable bonds is 8. The first-order chi connectivity index (χ1) is 14.5. The van der Waals surface area contributed by atoms with Crippen LogP contribution in [0.15, 0.2) is 12.3 Å². The van der Waals surface area contributed by atoms with Gasteiger partial charge in [-0.3, -0.25) is 9.59 Å². The SMILES string of the molecule is CC(C)(O)CNC(=O)c1nc(C(N)=O)c(-c2cnc(NC3CCCC3)cc2C(F)F)s1. The molecule has 0 aliphatic heterocycles. The number of hydrogen-bond donors (Lipinski definition) is 4. The fourth-order valence-electron chi connectivity index (χ4n) is 3.34. The molecule has 0 radical (unpaired) electrons. The van der Waals surface area contributed by atoms with Gasteiger partial charge < -0.3 is 21.5 Å². The van der Waals surface area contributed by atoms with Crippen LogP contribution < -0.4 is 16.4 Å². The van der Waals surface area contributed by atoms with E-state index in [9.17, 15) is 23.5 Å². The lowest BCUT2D eigenvalue weighted by molar-refractivity contribution is 0.0694. The summed E-state index contributed by atoms with van der Waals surface area (Å²) < 4.78 is 27.7. The van der Waals surface area contributed by atoms with Gasteiger partial charge in [0, 0.05) is 29.9 Å². The molecule has 2 amide bonds. The van der Waals surface area contributed by atoms with E-state index in [1.807, 2.05) is 0 Å². The highest BCUT2D eigenvalue weighted by Gasteiger charge is 2.27. The minimum absolute atomic E-state index is 0.000176. The predicted molar refractivity (Wildman–Crippen MR) is 113 cm³/mol. The van der Waals surface area contributed by atoms with Gasteiger partial charge in [-0.15, -0.1) is 11.3 Å². The van der Waals surface area contributed by atoms with Crippen molar-refractivity contribution in [2.45, 2.75) is 57.6 Å². The molecule has 0 bridgehead atoms. The summed E-state index contributed by atoms with van der Waals surface area (Å²) in [5.41, 5.74) is 3.62. The Labute approximate surface area is 182 Å². The molecular weight excluding hydrogens is 428 g/mol. The summed E-state index contributed by atoms with van der Waals surface area (Å²) in [4.78, 5) is 32.5. The number of nitrogens with two attached hydrogens (primary N) is 1. The van der Waals surface area contributed by atoms with E-state index in [0.29, 0.717) is 5.82 Å². The summed E-state index contributed by atoms with van der Waals surface area (Å²) in [6.45, 7) is 2.96. The summed E-state index contributed by atoms with van der Waals surface area (Å²) in [5.74, 6) is -1.26. The van der Waals surface area contributed by atoms with Crippen molar-refractivity contribution in [1.29, 1.82) is 0 Å². The van der Waals surface area contributed by atoms with E-state index < -0.39 is 23.8 Å². The Morgan fingerprint density at radius 1 is 1.35 bits per heavy atom. The molecule has 0 spiro atoms. The lowest BCUT2D eigenvalue weighted by Crippen LogP contribution is -2.38. The van der Waals surface area contributed by atoms with Crippen LogP contribution in [0.25, 0.3) is 10.4 Å². The molecule has 1 saturated carbocycles. The van der Waals surface area contributed by atoms with Crippen molar-refractivity contribution in [3.05, 3.63) is 28.5 Å². The van der Waals surface area contributed by atoms with Gasteiger partial charge in [-0.05, 0) is 32.8 Å². The molecule has 3 rings (SSSR count). The van der Waals surface area contributed by atoms with Crippen molar-refractivity contribution in [3.63, 3.8) is 0 Å². The molecule has 2 aromatic heterocycles. The molecule has 1 aliphatic carbocycles. The third kappa shape index (κ3) is 5.73. The zero-order chi connectivity index (χ0) is 22.8. The summed E-state index contributed by atoms with van der Waals surface area (Å²) in [6.07, 6.45) is 2.49. The number of carbonyl (C=O) groups is 2. The van der Waals surface area contributed by atoms with Crippen molar-refractivity contribution >= 4 is 29.0 Å². The summed E-state index contributed by atoms with van der Waals surface area (Å²) in [6, 6.07) is 1.45. The lowest BCUT2D eigenvalue weighted by atomic mass is 10.1. The minimum Gasteiger partial charge on any atom is -0.389 e. The second-order valence-corrected chi connectivity index (χ2v) is 9.14. The van der Waals surface area contributed by atoms with Crippen LogP contribution in [0.4, 0.5) is 14.6 Å². The van der Waals surface area contributed by atoms with Crippen molar-refractivity contribution in [2.75, 3.05) is 11.9 Å². The average Bonchev–Trinajstić information content (AvgIpc) is 3.35. The highest BCUT2D eigenvalue weighted by molar-refractivity contribution is 7.17. The topological polar surface area (TPSA) is 130 Å². The van der Waals surface area contributed by atoms with Gasteiger partial charge in [-0.2, -0.15) is 0 Å². The third-order valence-corrected chi connectivity index (χ3v) is 5.95. The van der Waals surface area contributed by atoms with Crippen molar-refractivity contribution in [3.8, 4) is 10.4 Å². The number of primary amides is 1.